The number of alkyl halides is 2. The molecule has 0 spiro atoms. The Labute approximate surface area is 174 Å². The number of nitrogens with zero attached hydrogens (tertiary/aromatic N) is 2. The van der Waals surface area contributed by atoms with E-state index in [0.717, 1.165) is 34.2 Å². The molecule has 4 rings (SSSR count). The number of fused-ring (bicyclic) bond motifs is 1. The maximum Gasteiger partial charge on any atom is 0.290 e. The summed E-state index contributed by atoms with van der Waals surface area (Å²) >= 11 is 0. The van der Waals surface area contributed by atoms with Crippen molar-refractivity contribution in [3.8, 4) is 5.75 Å². The van der Waals surface area contributed by atoms with Crippen LogP contribution in [-0.4, -0.2) is 23.1 Å². The SMILES string of the molecule is CN1CCc2ccc(C(F)(F)Cn3ccc(OCc4ccccc4)cc3=O)cc2C1. The van der Waals surface area contributed by atoms with Gasteiger partial charge in [0.1, 0.15) is 12.4 Å². The van der Waals surface area contributed by atoms with Gasteiger partial charge in [-0.1, -0.05) is 42.5 Å². The van der Waals surface area contributed by atoms with Crippen molar-refractivity contribution >= 4 is 0 Å². The van der Waals surface area contributed by atoms with Crippen LogP contribution in [0.2, 0.25) is 0 Å². The van der Waals surface area contributed by atoms with Crippen LogP contribution in [0.1, 0.15) is 22.3 Å². The molecule has 0 saturated carbocycles. The summed E-state index contributed by atoms with van der Waals surface area (Å²) in [5.41, 5.74) is 2.43. The Bertz CT molecular complexity index is 1080. The average molecular weight is 410 g/mol. The van der Waals surface area contributed by atoms with Gasteiger partial charge in [-0.05, 0) is 42.3 Å². The van der Waals surface area contributed by atoms with Gasteiger partial charge in [0.15, 0.2) is 0 Å². The van der Waals surface area contributed by atoms with Gasteiger partial charge in [-0.25, -0.2) is 0 Å². The van der Waals surface area contributed by atoms with E-state index in [-0.39, 0.29) is 5.56 Å². The second-order valence-corrected chi connectivity index (χ2v) is 7.78. The van der Waals surface area contributed by atoms with Crippen LogP contribution in [0.25, 0.3) is 0 Å². The zero-order valence-corrected chi connectivity index (χ0v) is 16.9. The van der Waals surface area contributed by atoms with Crippen molar-refractivity contribution in [3.63, 3.8) is 0 Å². The molecule has 0 amide bonds. The number of hydrogen-bond donors (Lipinski definition) is 0. The van der Waals surface area contributed by atoms with Gasteiger partial charge in [-0.3, -0.25) is 4.79 Å². The number of benzene rings is 2. The molecule has 0 saturated heterocycles. The second-order valence-electron chi connectivity index (χ2n) is 7.78. The van der Waals surface area contributed by atoms with Gasteiger partial charge >= 0.3 is 0 Å². The number of pyridine rings is 1. The van der Waals surface area contributed by atoms with Crippen molar-refractivity contribution in [1.29, 1.82) is 0 Å². The van der Waals surface area contributed by atoms with Crippen LogP contribution in [0.4, 0.5) is 8.78 Å². The fourth-order valence-electron chi connectivity index (χ4n) is 3.68. The molecule has 3 aromatic rings. The molecule has 0 radical (unpaired) electrons. The molecule has 1 aliphatic heterocycles. The first-order valence-corrected chi connectivity index (χ1v) is 9.96. The first kappa shape index (κ1) is 20.3. The highest BCUT2D eigenvalue weighted by Gasteiger charge is 2.33. The van der Waals surface area contributed by atoms with Gasteiger partial charge in [0.05, 0.1) is 6.54 Å². The van der Waals surface area contributed by atoms with Crippen LogP contribution >= 0.6 is 0 Å². The molecule has 156 valence electrons. The van der Waals surface area contributed by atoms with Crippen LogP contribution in [0.3, 0.4) is 0 Å². The highest BCUT2D eigenvalue weighted by molar-refractivity contribution is 5.35. The number of likely N-dealkylation sites (N-methyl/N-ethyl adjacent to an activating group) is 1. The minimum absolute atomic E-state index is 0.0622. The van der Waals surface area contributed by atoms with Gasteiger partial charge in [0, 0.05) is 30.9 Å². The number of aromatic nitrogens is 1. The van der Waals surface area contributed by atoms with E-state index in [2.05, 4.69) is 4.90 Å². The molecule has 1 aliphatic rings. The van der Waals surface area contributed by atoms with Crippen LogP contribution in [0, 0.1) is 0 Å². The summed E-state index contributed by atoms with van der Waals surface area (Å²) < 4.78 is 36.5. The molecule has 1 aromatic heterocycles. The van der Waals surface area contributed by atoms with Gasteiger partial charge in [0.25, 0.3) is 11.5 Å². The Hall–Kier alpha value is -2.99. The molecule has 0 aliphatic carbocycles. The summed E-state index contributed by atoms with van der Waals surface area (Å²) in [5.74, 6) is -2.79. The Morgan fingerprint density at radius 3 is 2.60 bits per heavy atom. The lowest BCUT2D eigenvalue weighted by Crippen LogP contribution is -2.30. The average Bonchev–Trinajstić information content (AvgIpc) is 2.74. The monoisotopic (exact) mass is 410 g/mol. The predicted octanol–water partition coefficient (Wildman–Crippen LogP) is 4.21. The second kappa shape index (κ2) is 8.40. The van der Waals surface area contributed by atoms with E-state index in [4.69, 9.17) is 4.74 Å². The predicted molar refractivity (Wildman–Crippen MR) is 112 cm³/mol. The highest BCUT2D eigenvalue weighted by Crippen LogP contribution is 2.32. The standard InChI is InChI=1S/C24H24F2N2O2/c1-27-11-9-19-7-8-21(13-20(19)15-27)24(25,26)17-28-12-10-22(14-23(28)29)30-16-18-5-3-2-4-6-18/h2-8,10,12-14H,9,11,15-17H2,1H3. The largest absolute Gasteiger partial charge is 0.489 e. The molecule has 0 fully saturated rings. The zero-order valence-electron chi connectivity index (χ0n) is 16.9. The van der Waals surface area contributed by atoms with E-state index in [1.165, 1.54) is 18.3 Å². The van der Waals surface area contributed by atoms with Crippen molar-refractivity contribution in [2.24, 2.45) is 0 Å². The minimum atomic E-state index is -3.15. The molecule has 0 unspecified atom stereocenters. The summed E-state index contributed by atoms with van der Waals surface area (Å²) in [5, 5.41) is 0. The number of rotatable bonds is 6. The summed E-state index contributed by atoms with van der Waals surface area (Å²) in [4.78, 5) is 14.5. The Kier molecular flexibility index (Phi) is 5.68. The Morgan fingerprint density at radius 1 is 1.03 bits per heavy atom. The number of hydrogen-bond acceptors (Lipinski definition) is 3. The van der Waals surface area contributed by atoms with E-state index in [1.807, 2.05) is 37.4 Å². The molecule has 2 heterocycles. The van der Waals surface area contributed by atoms with Gasteiger partial charge < -0.3 is 14.2 Å². The third kappa shape index (κ3) is 4.60. The van der Waals surface area contributed by atoms with Crippen molar-refractivity contribution < 1.29 is 13.5 Å². The molecule has 0 atom stereocenters. The fourth-order valence-corrected chi connectivity index (χ4v) is 3.68. The van der Waals surface area contributed by atoms with Crippen molar-refractivity contribution in [2.45, 2.75) is 32.0 Å². The summed E-state index contributed by atoms with van der Waals surface area (Å²) in [6.45, 7) is 1.19. The lowest BCUT2D eigenvalue weighted by atomic mass is 9.95. The maximum atomic E-state index is 15.0. The molecule has 6 heteroatoms. The van der Waals surface area contributed by atoms with Crippen LogP contribution in [0.5, 0.6) is 5.75 Å². The minimum Gasteiger partial charge on any atom is -0.489 e. The van der Waals surface area contributed by atoms with E-state index < -0.39 is 18.0 Å². The summed E-state index contributed by atoms with van der Waals surface area (Å²) in [7, 11) is 1.98. The van der Waals surface area contributed by atoms with E-state index >= 15 is 0 Å². The third-order valence-corrected chi connectivity index (χ3v) is 5.42. The third-order valence-electron chi connectivity index (χ3n) is 5.42. The molecule has 2 aromatic carbocycles. The summed E-state index contributed by atoms with van der Waals surface area (Å²) in [6.07, 6.45) is 2.23. The van der Waals surface area contributed by atoms with E-state index in [0.29, 0.717) is 18.9 Å². The molecule has 0 N–H and O–H groups in total. The van der Waals surface area contributed by atoms with Gasteiger partial charge in [0.2, 0.25) is 0 Å². The lowest BCUT2D eigenvalue weighted by Gasteiger charge is -2.27. The smallest absolute Gasteiger partial charge is 0.290 e. The van der Waals surface area contributed by atoms with Crippen LogP contribution in [0.15, 0.2) is 71.7 Å². The maximum absolute atomic E-state index is 15.0. The Morgan fingerprint density at radius 2 is 1.83 bits per heavy atom. The van der Waals surface area contributed by atoms with E-state index in [1.54, 1.807) is 18.2 Å². The quantitative estimate of drug-likeness (QED) is 0.611. The molecule has 0 bridgehead atoms. The van der Waals surface area contributed by atoms with Gasteiger partial charge in [-0.15, -0.1) is 0 Å². The van der Waals surface area contributed by atoms with Crippen LogP contribution in [-0.2, 0) is 32.0 Å². The summed E-state index contributed by atoms with van der Waals surface area (Å²) in [6, 6.07) is 17.2. The van der Waals surface area contributed by atoms with Gasteiger partial charge in [-0.2, -0.15) is 8.78 Å². The zero-order chi connectivity index (χ0) is 21.1. The van der Waals surface area contributed by atoms with Crippen molar-refractivity contribution in [1.82, 2.24) is 9.47 Å². The molecule has 30 heavy (non-hydrogen) atoms. The lowest BCUT2D eigenvalue weighted by molar-refractivity contribution is -0.0233. The molecular formula is C24H24F2N2O2. The molecule has 4 nitrogen and oxygen atoms in total. The fraction of sp³-hybridized carbons (Fsp3) is 0.292. The number of halogens is 2. The van der Waals surface area contributed by atoms with Crippen LogP contribution < -0.4 is 10.3 Å². The Balaban J connectivity index is 1.48. The normalized spacial score (nSPS) is 14.4. The molecular weight excluding hydrogens is 386 g/mol. The number of ether oxygens (including phenoxy) is 1. The highest BCUT2D eigenvalue weighted by atomic mass is 19.3. The van der Waals surface area contributed by atoms with E-state index in [9.17, 15) is 13.6 Å². The topological polar surface area (TPSA) is 34.5 Å². The first-order valence-electron chi connectivity index (χ1n) is 9.96. The first-order chi connectivity index (χ1) is 14.4. The van der Waals surface area contributed by atoms with Crippen molar-refractivity contribution in [2.75, 3.05) is 13.6 Å². The van der Waals surface area contributed by atoms with Crippen molar-refractivity contribution in [3.05, 3.63) is 99.5 Å².